The molecule has 0 aliphatic carbocycles. The Balaban J connectivity index is 1.50. The van der Waals surface area contributed by atoms with E-state index in [1.165, 1.54) is 0 Å². The van der Waals surface area contributed by atoms with Crippen LogP contribution in [0.25, 0.3) is 16.6 Å². The van der Waals surface area contributed by atoms with Gasteiger partial charge < -0.3 is 15.0 Å². The molecular formula is C26H31N5OS. The Labute approximate surface area is 201 Å². The molecule has 0 radical (unpaired) electrons. The van der Waals surface area contributed by atoms with E-state index in [9.17, 15) is 0 Å². The number of hydrogen-bond acceptors (Lipinski definition) is 7. The van der Waals surface area contributed by atoms with Crippen LogP contribution in [0.3, 0.4) is 0 Å². The molecule has 3 heterocycles. The first-order chi connectivity index (χ1) is 16.0. The van der Waals surface area contributed by atoms with Gasteiger partial charge in [0.15, 0.2) is 0 Å². The number of pyridine rings is 2. The number of ether oxygens (including phenoxy) is 1. The van der Waals surface area contributed by atoms with Crippen molar-refractivity contribution in [1.82, 2.24) is 20.2 Å². The number of thiol groups is 1. The van der Waals surface area contributed by atoms with Crippen molar-refractivity contribution in [1.29, 1.82) is 0 Å². The summed E-state index contributed by atoms with van der Waals surface area (Å²) < 4.78 is 5.52. The van der Waals surface area contributed by atoms with Crippen molar-refractivity contribution in [3.05, 3.63) is 71.7 Å². The number of likely N-dealkylation sites (N-methyl/N-ethyl adjacent to an activating group) is 1. The van der Waals surface area contributed by atoms with Gasteiger partial charge in [0.1, 0.15) is 18.3 Å². The lowest BCUT2D eigenvalue weighted by molar-refractivity contribution is 0.398. The van der Waals surface area contributed by atoms with Crippen LogP contribution < -0.4 is 10.1 Å². The average Bonchev–Trinajstić information content (AvgIpc) is 2.87. The zero-order valence-corrected chi connectivity index (χ0v) is 20.5. The number of hydrogen-bond donors (Lipinski definition) is 2. The summed E-state index contributed by atoms with van der Waals surface area (Å²) >= 11 is 5.00. The summed E-state index contributed by atoms with van der Waals surface area (Å²) in [6.07, 6.45) is 6.75. The Kier molecular flexibility index (Phi) is 7.18. The molecule has 1 aliphatic rings. The minimum atomic E-state index is 0.0207. The van der Waals surface area contributed by atoms with Crippen LogP contribution in [0.2, 0.25) is 0 Å². The number of para-hydroxylation sites is 1. The zero-order chi connectivity index (χ0) is 23.4. The molecule has 1 N–H and O–H groups in total. The fourth-order valence-corrected chi connectivity index (χ4v) is 4.47. The Morgan fingerprint density at radius 2 is 2.03 bits per heavy atom. The summed E-state index contributed by atoms with van der Waals surface area (Å²) in [4.78, 5) is 16.0. The van der Waals surface area contributed by atoms with Gasteiger partial charge in [0.05, 0.1) is 12.6 Å². The summed E-state index contributed by atoms with van der Waals surface area (Å²) in [6, 6.07) is 12.3. The molecule has 4 rings (SSSR count). The number of rotatable bonds is 7. The van der Waals surface area contributed by atoms with Gasteiger partial charge in [0.2, 0.25) is 0 Å². The van der Waals surface area contributed by atoms with Gasteiger partial charge in [-0.2, -0.15) is 12.6 Å². The number of aromatic nitrogens is 2. The Hall–Kier alpha value is -3.06. The van der Waals surface area contributed by atoms with Crippen molar-refractivity contribution < 1.29 is 4.74 Å². The summed E-state index contributed by atoms with van der Waals surface area (Å²) in [5.41, 5.74) is 5.26. The number of amidine groups is 1. The number of methoxy groups -OCH3 is 1. The second-order valence-corrected chi connectivity index (χ2v) is 8.92. The van der Waals surface area contributed by atoms with Gasteiger partial charge in [-0.1, -0.05) is 26.0 Å². The van der Waals surface area contributed by atoms with Crippen molar-refractivity contribution in [3.8, 4) is 5.75 Å². The molecule has 172 valence electrons. The zero-order valence-electron chi connectivity index (χ0n) is 19.6. The van der Waals surface area contributed by atoms with Gasteiger partial charge in [0, 0.05) is 59.7 Å². The molecule has 0 saturated carbocycles. The average molecular weight is 462 g/mol. The smallest absolute Gasteiger partial charge is 0.129 e. The van der Waals surface area contributed by atoms with Crippen molar-refractivity contribution >= 4 is 35.1 Å². The maximum atomic E-state index is 5.52. The molecule has 0 fully saturated rings. The first-order valence-corrected chi connectivity index (χ1v) is 11.8. The SMILES string of the molecule is CCc1ccc(C2=CC(N(C)CC(C)C(S)c3cccc4c(OC)ccnc34)=NCN2)cn1. The Morgan fingerprint density at radius 1 is 1.18 bits per heavy atom. The second-order valence-electron chi connectivity index (χ2n) is 8.36. The topological polar surface area (TPSA) is 62.6 Å². The third-order valence-corrected chi connectivity index (χ3v) is 6.86. The van der Waals surface area contributed by atoms with Crippen molar-refractivity contribution in [2.75, 3.05) is 27.4 Å². The minimum absolute atomic E-state index is 0.0207. The normalized spacial score (nSPS) is 15.3. The minimum Gasteiger partial charge on any atom is -0.496 e. The lowest BCUT2D eigenvalue weighted by Gasteiger charge is -2.29. The van der Waals surface area contributed by atoms with E-state index in [1.807, 2.05) is 24.4 Å². The van der Waals surface area contributed by atoms with Gasteiger partial charge in [-0.3, -0.25) is 9.97 Å². The Bertz CT molecular complexity index is 1180. The number of nitrogens with zero attached hydrogens (tertiary/aromatic N) is 4. The van der Waals surface area contributed by atoms with E-state index in [1.54, 1.807) is 13.3 Å². The highest BCUT2D eigenvalue weighted by atomic mass is 32.1. The van der Waals surface area contributed by atoms with E-state index < -0.39 is 0 Å². The molecular weight excluding hydrogens is 430 g/mol. The van der Waals surface area contributed by atoms with Gasteiger partial charge >= 0.3 is 0 Å². The highest BCUT2D eigenvalue weighted by Gasteiger charge is 2.22. The third-order valence-electron chi connectivity index (χ3n) is 6.07. The number of aryl methyl sites for hydroxylation is 1. The number of nitrogens with one attached hydrogen (secondary N) is 1. The number of aliphatic imine (C=N–C) groups is 1. The van der Waals surface area contributed by atoms with E-state index in [-0.39, 0.29) is 11.2 Å². The van der Waals surface area contributed by atoms with Gasteiger partial charge in [-0.25, -0.2) is 4.99 Å². The van der Waals surface area contributed by atoms with E-state index in [4.69, 9.17) is 17.4 Å². The fourth-order valence-electron chi connectivity index (χ4n) is 4.16. The molecule has 0 spiro atoms. The Morgan fingerprint density at radius 3 is 2.76 bits per heavy atom. The molecule has 1 aromatic carbocycles. The van der Waals surface area contributed by atoms with Crippen LogP contribution in [0.4, 0.5) is 0 Å². The molecule has 6 nitrogen and oxygen atoms in total. The van der Waals surface area contributed by atoms with Gasteiger partial charge in [-0.05, 0) is 42.2 Å². The molecule has 2 aromatic heterocycles. The second kappa shape index (κ2) is 10.3. The molecule has 33 heavy (non-hydrogen) atoms. The maximum absolute atomic E-state index is 5.52. The van der Waals surface area contributed by atoms with Crippen molar-refractivity contribution in [2.45, 2.75) is 25.5 Å². The highest BCUT2D eigenvalue weighted by molar-refractivity contribution is 7.80. The predicted molar refractivity (Wildman–Crippen MR) is 139 cm³/mol. The lowest BCUT2D eigenvalue weighted by Crippen LogP contribution is -2.34. The molecule has 2 atom stereocenters. The first kappa shape index (κ1) is 23.1. The fraction of sp³-hybridized carbons (Fsp3) is 0.346. The maximum Gasteiger partial charge on any atom is 0.129 e. The van der Waals surface area contributed by atoms with Crippen molar-refractivity contribution in [2.24, 2.45) is 10.9 Å². The summed E-state index contributed by atoms with van der Waals surface area (Å²) in [5.74, 6) is 2.04. The van der Waals surface area contributed by atoms with Crippen LogP contribution in [0.1, 0.15) is 35.9 Å². The summed E-state index contributed by atoms with van der Waals surface area (Å²) in [6.45, 7) is 5.68. The number of fused-ring (bicyclic) bond motifs is 1. The molecule has 1 aliphatic heterocycles. The van der Waals surface area contributed by atoms with Crippen molar-refractivity contribution in [3.63, 3.8) is 0 Å². The van der Waals surface area contributed by atoms with Crippen LogP contribution in [-0.4, -0.2) is 48.1 Å². The van der Waals surface area contributed by atoms with Crippen LogP contribution in [-0.2, 0) is 6.42 Å². The number of benzene rings is 1. The van der Waals surface area contributed by atoms with Crippen LogP contribution in [0.15, 0.2) is 59.9 Å². The summed E-state index contributed by atoms with van der Waals surface area (Å²) in [7, 11) is 3.77. The van der Waals surface area contributed by atoms with E-state index >= 15 is 0 Å². The molecule has 7 heteroatoms. The standard InChI is InChI=1S/C26H31N5OS/c1-5-19-10-9-18(14-28-19)22-13-24(30-16-29-22)31(3)15-17(2)26(33)21-8-6-7-20-23(32-4)11-12-27-25(20)21/h6-14,17,26,29,33H,5,15-16H2,1-4H3. The quantitative estimate of drug-likeness (QED) is 0.498. The van der Waals surface area contributed by atoms with E-state index in [2.05, 4.69) is 70.3 Å². The molecule has 2 unspecified atom stereocenters. The van der Waals surface area contributed by atoms with Gasteiger partial charge in [-0.15, -0.1) is 0 Å². The van der Waals surface area contributed by atoms with Crippen LogP contribution in [0, 0.1) is 5.92 Å². The summed E-state index contributed by atoms with van der Waals surface area (Å²) in [5, 5.41) is 4.39. The molecule has 3 aromatic rings. The van der Waals surface area contributed by atoms with Crippen LogP contribution >= 0.6 is 12.6 Å². The largest absolute Gasteiger partial charge is 0.496 e. The molecule has 0 bridgehead atoms. The lowest BCUT2D eigenvalue weighted by atomic mass is 9.97. The molecule has 0 amide bonds. The van der Waals surface area contributed by atoms with Gasteiger partial charge in [0.25, 0.3) is 0 Å². The third kappa shape index (κ3) is 4.98. The monoisotopic (exact) mass is 461 g/mol. The first-order valence-electron chi connectivity index (χ1n) is 11.3. The highest BCUT2D eigenvalue weighted by Crippen LogP contribution is 2.35. The predicted octanol–water partition coefficient (Wildman–Crippen LogP) is 4.74. The van der Waals surface area contributed by atoms with Crippen LogP contribution in [0.5, 0.6) is 5.75 Å². The van der Waals surface area contributed by atoms with E-state index in [0.717, 1.165) is 58.0 Å². The molecule has 0 saturated heterocycles. The van der Waals surface area contributed by atoms with E-state index in [0.29, 0.717) is 6.67 Å².